The van der Waals surface area contributed by atoms with Gasteiger partial charge in [-0.1, -0.05) is 18.2 Å². The maximum atomic E-state index is 11.2. The fourth-order valence-corrected chi connectivity index (χ4v) is 1.96. The van der Waals surface area contributed by atoms with E-state index in [9.17, 15) is 4.79 Å². The molecule has 2 rings (SSSR count). The van der Waals surface area contributed by atoms with Gasteiger partial charge in [0.15, 0.2) is 17.3 Å². The van der Waals surface area contributed by atoms with E-state index in [1.54, 1.807) is 6.07 Å². The van der Waals surface area contributed by atoms with E-state index in [-0.39, 0.29) is 6.61 Å². The molecule has 6 nitrogen and oxygen atoms in total. The van der Waals surface area contributed by atoms with E-state index in [0.717, 1.165) is 16.3 Å². The van der Waals surface area contributed by atoms with Crippen LogP contribution in [0.2, 0.25) is 0 Å². The number of methoxy groups -OCH3 is 1. The average Bonchev–Trinajstić information content (AvgIpc) is 2.52. The summed E-state index contributed by atoms with van der Waals surface area (Å²) in [5.41, 5.74) is 0.802. The summed E-state index contributed by atoms with van der Waals surface area (Å²) in [6.07, 6.45) is 1.52. The van der Waals surface area contributed by atoms with Crippen molar-refractivity contribution in [3.63, 3.8) is 0 Å². The Balaban J connectivity index is 2.50. The predicted molar refractivity (Wildman–Crippen MR) is 79.9 cm³/mol. The summed E-state index contributed by atoms with van der Waals surface area (Å²) in [6, 6.07) is 9.25. The van der Waals surface area contributed by atoms with Gasteiger partial charge < -0.3 is 20.4 Å². The van der Waals surface area contributed by atoms with Crippen LogP contribution < -0.4 is 15.3 Å². The monoisotopic (exact) mass is 288 g/mol. The first-order chi connectivity index (χ1) is 10.2. The van der Waals surface area contributed by atoms with E-state index in [0.29, 0.717) is 11.5 Å². The van der Waals surface area contributed by atoms with Crippen LogP contribution in [-0.2, 0) is 4.79 Å². The molecule has 0 bridgehead atoms. The lowest BCUT2D eigenvalue weighted by atomic mass is 10.1. The number of aliphatic hydroxyl groups is 1. The van der Waals surface area contributed by atoms with Crippen LogP contribution in [0.4, 0.5) is 0 Å². The van der Waals surface area contributed by atoms with Gasteiger partial charge in [0.25, 0.3) is 0 Å². The Hall–Kier alpha value is -2.60. The number of fused-ring (bicyclic) bond motifs is 1. The van der Waals surface area contributed by atoms with Gasteiger partial charge in [-0.15, -0.1) is 0 Å². The summed E-state index contributed by atoms with van der Waals surface area (Å²) in [6.45, 7) is -0.778. The highest BCUT2D eigenvalue weighted by molar-refractivity contribution is 5.95. The lowest BCUT2D eigenvalue weighted by Crippen LogP contribution is -2.15. The van der Waals surface area contributed by atoms with Gasteiger partial charge in [-0.25, -0.2) is 0 Å². The Morgan fingerprint density at radius 3 is 2.81 bits per heavy atom. The third kappa shape index (κ3) is 3.29. The molecule has 0 spiro atoms. The highest BCUT2D eigenvalue weighted by atomic mass is 16.5. The highest BCUT2D eigenvalue weighted by Crippen LogP contribution is 2.36. The number of hydrogen-bond donors (Lipinski definition) is 2. The molecule has 110 valence electrons. The van der Waals surface area contributed by atoms with Crippen LogP contribution in [0.3, 0.4) is 0 Å². The van der Waals surface area contributed by atoms with Gasteiger partial charge in [0.1, 0.15) is 13.2 Å². The largest absolute Gasteiger partial charge is 0.493 e. The SMILES string of the molecule is COc1ccc2ccc(C=NN)cc2c1OCC(=O)CO. The second-order valence-electron chi connectivity index (χ2n) is 4.34. The van der Waals surface area contributed by atoms with Gasteiger partial charge in [-0.3, -0.25) is 4.79 Å². The molecule has 0 saturated carbocycles. The Labute approximate surface area is 121 Å². The number of hydrogen-bond acceptors (Lipinski definition) is 6. The zero-order valence-corrected chi connectivity index (χ0v) is 11.6. The summed E-state index contributed by atoms with van der Waals surface area (Å²) >= 11 is 0. The number of Topliss-reactive ketones (excluding diaryl/α,β-unsaturated/α-hetero) is 1. The molecule has 0 amide bonds. The van der Waals surface area contributed by atoms with Gasteiger partial charge in [0.05, 0.1) is 13.3 Å². The van der Waals surface area contributed by atoms with Crippen molar-refractivity contribution in [2.24, 2.45) is 10.9 Å². The number of nitrogens with two attached hydrogens (primary N) is 1. The fourth-order valence-electron chi connectivity index (χ4n) is 1.96. The molecule has 0 aliphatic carbocycles. The average molecular weight is 288 g/mol. The number of ether oxygens (including phenoxy) is 2. The summed E-state index contributed by atoms with van der Waals surface area (Å²) in [7, 11) is 1.52. The molecular formula is C15H16N2O4. The molecule has 21 heavy (non-hydrogen) atoms. The molecule has 6 heteroatoms. The zero-order chi connectivity index (χ0) is 15.2. The predicted octanol–water partition coefficient (Wildman–Crippen LogP) is 1.08. The van der Waals surface area contributed by atoms with Crippen molar-refractivity contribution in [2.75, 3.05) is 20.3 Å². The minimum absolute atomic E-state index is 0.221. The molecule has 0 fully saturated rings. The van der Waals surface area contributed by atoms with Gasteiger partial charge in [0.2, 0.25) is 0 Å². The molecule has 0 heterocycles. The van der Waals surface area contributed by atoms with Crippen molar-refractivity contribution in [3.8, 4) is 11.5 Å². The second-order valence-corrected chi connectivity index (χ2v) is 4.34. The number of rotatable bonds is 6. The normalized spacial score (nSPS) is 11.0. The number of carbonyl (C=O) groups excluding carboxylic acids is 1. The van der Waals surface area contributed by atoms with Crippen LogP contribution >= 0.6 is 0 Å². The standard InChI is InChI=1S/C15H16N2O4/c1-20-14-5-4-11-3-2-10(7-17-16)6-13(11)15(14)21-9-12(19)8-18/h2-7,18H,8-9,16H2,1H3. The maximum Gasteiger partial charge on any atom is 0.195 e. The van der Waals surface area contributed by atoms with E-state index in [1.165, 1.54) is 13.3 Å². The van der Waals surface area contributed by atoms with Gasteiger partial charge >= 0.3 is 0 Å². The van der Waals surface area contributed by atoms with E-state index < -0.39 is 12.4 Å². The number of ketones is 1. The minimum Gasteiger partial charge on any atom is -0.493 e. The molecule has 2 aromatic carbocycles. The molecular weight excluding hydrogens is 272 g/mol. The minimum atomic E-state index is -0.557. The molecule has 0 radical (unpaired) electrons. The Morgan fingerprint density at radius 1 is 1.38 bits per heavy atom. The fraction of sp³-hybridized carbons (Fsp3) is 0.200. The van der Waals surface area contributed by atoms with Crippen LogP contribution in [0.25, 0.3) is 10.8 Å². The van der Waals surface area contributed by atoms with Crippen LogP contribution in [0.5, 0.6) is 11.5 Å². The molecule has 0 unspecified atom stereocenters. The van der Waals surface area contributed by atoms with Gasteiger partial charge in [0, 0.05) is 5.39 Å². The molecule has 0 aliphatic heterocycles. The van der Waals surface area contributed by atoms with Crippen LogP contribution in [0.1, 0.15) is 5.56 Å². The second kappa shape index (κ2) is 6.71. The van der Waals surface area contributed by atoms with E-state index in [2.05, 4.69) is 5.10 Å². The number of benzene rings is 2. The summed E-state index contributed by atoms with van der Waals surface area (Å²) in [5, 5.41) is 14.0. The van der Waals surface area contributed by atoms with Gasteiger partial charge in [-0.05, 0) is 23.1 Å². The topological polar surface area (TPSA) is 94.1 Å². The Kier molecular flexibility index (Phi) is 4.73. The zero-order valence-electron chi connectivity index (χ0n) is 11.6. The lowest BCUT2D eigenvalue weighted by molar-refractivity contribution is -0.123. The molecule has 0 aromatic heterocycles. The summed E-state index contributed by atoms with van der Waals surface area (Å²) in [5.74, 6) is 5.71. The molecule has 0 aliphatic rings. The molecule has 0 saturated heterocycles. The highest BCUT2D eigenvalue weighted by Gasteiger charge is 2.12. The first kappa shape index (κ1) is 14.8. The lowest BCUT2D eigenvalue weighted by Gasteiger charge is -2.13. The van der Waals surface area contributed by atoms with Crippen molar-refractivity contribution >= 4 is 22.8 Å². The maximum absolute atomic E-state index is 11.2. The molecule has 0 atom stereocenters. The van der Waals surface area contributed by atoms with Crippen molar-refractivity contribution < 1.29 is 19.4 Å². The number of aliphatic hydroxyl groups excluding tert-OH is 1. The third-order valence-corrected chi connectivity index (χ3v) is 2.96. The number of carbonyl (C=O) groups is 1. The summed E-state index contributed by atoms with van der Waals surface area (Å²) < 4.78 is 10.8. The first-order valence-electron chi connectivity index (χ1n) is 6.29. The number of hydrazone groups is 1. The van der Waals surface area contributed by atoms with E-state index >= 15 is 0 Å². The Bertz CT molecular complexity index is 683. The molecule has 2 aromatic rings. The van der Waals surface area contributed by atoms with Crippen LogP contribution in [-0.4, -0.2) is 37.4 Å². The smallest absolute Gasteiger partial charge is 0.195 e. The third-order valence-electron chi connectivity index (χ3n) is 2.96. The Morgan fingerprint density at radius 2 is 2.14 bits per heavy atom. The number of nitrogens with zero attached hydrogens (tertiary/aromatic N) is 1. The molecule has 3 N–H and O–H groups in total. The quantitative estimate of drug-likeness (QED) is 0.471. The van der Waals surface area contributed by atoms with Crippen LogP contribution in [0, 0.1) is 0 Å². The van der Waals surface area contributed by atoms with Crippen molar-refractivity contribution in [2.45, 2.75) is 0 Å². The first-order valence-corrected chi connectivity index (χ1v) is 6.29. The van der Waals surface area contributed by atoms with Crippen molar-refractivity contribution in [1.82, 2.24) is 0 Å². The van der Waals surface area contributed by atoms with E-state index in [4.69, 9.17) is 20.4 Å². The summed E-state index contributed by atoms with van der Waals surface area (Å²) in [4.78, 5) is 11.2. The van der Waals surface area contributed by atoms with Gasteiger partial charge in [-0.2, -0.15) is 5.10 Å². The van der Waals surface area contributed by atoms with Crippen molar-refractivity contribution in [1.29, 1.82) is 0 Å². The van der Waals surface area contributed by atoms with Crippen LogP contribution in [0.15, 0.2) is 35.4 Å². The van der Waals surface area contributed by atoms with Crippen molar-refractivity contribution in [3.05, 3.63) is 35.9 Å². The van der Waals surface area contributed by atoms with E-state index in [1.807, 2.05) is 24.3 Å².